The molecule has 0 aromatic heterocycles. The number of fused-ring (bicyclic) bond motifs is 1. The molecular weight excluding hydrogens is 266 g/mol. The van der Waals surface area contributed by atoms with Crippen molar-refractivity contribution in [3.63, 3.8) is 0 Å². The number of nitrogens with zero attached hydrogens (tertiary/aromatic N) is 2. The summed E-state index contributed by atoms with van der Waals surface area (Å²) >= 11 is 0. The van der Waals surface area contributed by atoms with Crippen LogP contribution in [0.5, 0.6) is 0 Å². The lowest BCUT2D eigenvalue weighted by molar-refractivity contribution is -0.144. The van der Waals surface area contributed by atoms with E-state index in [0.717, 1.165) is 25.6 Å². The zero-order valence-corrected chi connectivity index (χ0v) is 13.8. The maximum Gasteiger partial charge on any atom is 0.323 e. The van der Waals surface area contributed by atoms with Crippen molar-refractivity contribution >= 4 is 5.97 Å². The number of hydrogen-bond donors (Lipinski definition) is 2. The summed E-state index contributed by atoms with van der Waals surface area (Å²) in [6.45, 7) is 11.4. The number of carboxylic acids is 1. The maximum absolute atomic E-state index is 11.4. The first kappa shape index (κ1) is 16.7. The van der Waals surface area contributed by atoms with E-state index in [-0.39, 0.29) is 0 Å². The van der Waals surface area contributed by atoms with Crippen LogP contribution in [0.3, 0.4) is 0 Å². The highest BCUT2D eigenvalue weighted by Crippen LogP contribution is 2.25. The second kappa shape index (κ2) is 7.07. The lowest BCUT2D eigenvalue weighted by atomic mass is 9.95. The van der Waals surface area contributed by atoms with E-state index in [0.29, 0.717) is 19.0 Å². The summed E-state index contributed by atoms with van der Waals surface area (Å²) in [4.78, 5) is 16.6. The maximum atomic E-state index is 11.4. The topological polar surface area (TPSA) is 55.8 Å². The fourth-order valence-corrected chi connectivity index (χ4v) is 3.86. The Morgan fingerprint density at radius 3 is 2.86 bits per heavy atom. The molecule has 5 nitrogen and oxygen atoms in total. The van der Waals surface area contributed by atoms with Gasteiger partial charge in [0.15, 0.2) is 0 Å². The molecule has 0 aromatic carbocycles. The van der Waals surface area contributed by atoms with Crippen LogP contribution in [0.4, 0.5) is 0 Å². The molecule has 122 valence electrons. The predicted molar refractivity (Wildman–Crippen MR) is 84.6 cm³/mol. The Labute approximate surface area is 128 Å². The summed E-state index contributed by atoms with van der Waals surface area (Å²) in [6, 6.07) is 1.33. The van der Waals surface area contributed by atoms with Gasteiger partial charge in [-0.25, -0.2) is 0 Å². The second-order valence-corrected chi connectivity index (χ2v) is 6.91. The molecule has 2 rings (SSSR count). The molecule has 0 bridgehead atoms. The molecule has 2 saturated heterocycles. The first-order valence-corrected chi connectivity index (χ1v) is 8.43. The molecule has 0 spiro atoms. The van der Waals surface area contributed by atoms with Gasteiger partial charge in [0.2, 0.25) is 0 Å². The zero-order valence-electron chi connectivity index (χ0n) is 13.8. The average Bonchev–Trinajstić information content (AvgIpc) is 2.86. The number of nitrogens with one attached hydrogen (secondary N) is 1. The van der Waals surface area contributed by atoms with Gasteiger partial charge in [0, 0.05) is 25.2 Å². The Morgan fingerprint density at radius 2 is 2.19 bits per heavy atom. The molecule has 21 heavy (non-hydrogen) atoms. The van der Waals surface area contributed by atoms with Crippen LogP contribution in [0.25, 0.3) is 0 Å². The van der Waals surface area contributed by atoms with Gasteiger partial charge in [-0.3, -0.25) is 14.6 Å². The summed E-state index contributed by atoms with van der Waals surface area (Å²) in [5.74, 6) is -0.738. The van der Waals surface area contributed by atoms with Crippen molar-refractivity contribution in [3.8, 4) is 0 Å². The predicted octanol–water partition coefficient (Wildman–Crippen LogP) is 1.39. The van der Waals surface area contributed by atoms with Crippen molar-refractivity contribution in [1.82, 2.24) is 15.1 Å². The summed E-state index contributed by atoms with van der Waals surface area (Å²) in [7, 11) is 0. The molecule has 2 N–H and O–H groups in total. The zero-order chi connectivity index (χ0) is 15.5. The van der Waals surface area contributed by atoms with Crippen LogP contribution in [0.1, 0.15) is 46.5 Å². The molecule has 0 aromatic rings. The molecule has 3 atom stereocenters. The molecular formula is C16H31N3O2. The van der Waals surface area contributed by atoms with E-state index in [9.17, 15) is 9.90 Å². The molecule has 0 amide bonds. The quantitative estimate of drug-likeness (QED) is 0.744. The Balaban J connectivity index is 1.80. The molecule has 2 aliphatic heterocycles. The van der Waals surface area contributed by atoms with E-state index < -0.39 is 11.5 Å². The van der Waals surface area contributed by atoms with Gasteiger partial charge in [-0.2, -0.15) is 0 Å². The Bertz CT molecular complexity index is 363. The molecule has 5 heteroatoms. The number of hydrogen-bond acceptors (Lipinski definition) is 4. The van der Waals surface area contributed by atoms with Crippen LogP contribution in [-0.2, 0) is 4.79 Å². The highest BCUT2D eigenvalue weighted by molar-refractivity contribution is 5.78. The number of carbonyl (C=O) groups is 1. The fraction of sp³-hybridized carbons (Fsp3) is 0.938. The van der Waals surface area contributed by atoms with Crippen molar-refractivity contribution < 1.29 is 9.90 Å². The molecule has 0 saturated carbocycles. The number of aliphatic carboxylic acids is 1. The van der Waals surface area contributed by atoms with Crippen LogP contribution in [0.15, 0.2) is 0 Å². The number of piperazine rings is 1. The van der Waals surface area contributed by atoms with Gasteiger partial charge in [-0.1, -0.05) is 6.92 Å². The first-order chi connectivity index (χ1) is 9.96. The molecule has 3 unspecified atom stereocenters. The third-order valence-corrected chi connectivity index (χ3v) is 5.23. The normalized spacial score (nSPS) is 30.0. The van der Waals surface area contributed by atoms with Crippen LogP contribution in [-0.4, -0.2) is 71.2 Å². The summed E-state index contributed by atoms with van der Waals surface area (Å²) < 4.78 is 0. The Hall–Kier alpha value is -0.650. The number of likely N-dealkylation sites (N-methyl/N-ethyl adjacent to an activating group) is 1. The van der Waals surface area contributed by atoms with Crippen LogP contribution in [0, 0.1) is 0 Å². The van der Waals surface area contributed by atoms with Gasteiger partial charge in [0.05, 0.1) is 0 Å². The molecule has 2 heterocycles. The van der Waals surface area contributed by atoms with Crippen molar-refractivity contribution in [2.75, 3.05) is 32.7 Å². The van der Waals surface area contributed by atoms with Crippen molar-refractivity contribution in [2.45, 2.75) is 64.1 Å². The van der Waals surface area contributed by atoms with E-state index in [4.69, 9.17) is 0 Å². The highest BCUT2D eigenvalue weighted by Gasteiger charge is 2.35. The second-order valence-electron chi connectivity index (χ2n) is 6.91. The monoisotopic (exact) mass is 297 g/mol. The van der Waals surface area contributed by atoms with Crippen molar-refractivity contribution in [2.24, 2.45) is 0 Å². The molecule has 2 aliphatic rings. The third kappa shape index (κ3) is 3.96. The average molecular weight is 297 g/mol. The summed E-state index contributed by atoms with van der Waals surface area (Å²) in [6.07, 6.45) is 4.29. The lowest BCUT2D eigenvalue weighted by Crippen LogP contribution is -2.55. The first-order valence-electron chi connectivity index (χ1n) is 8.43. The van der Waals surface area contributed by atoms with Gasteiger partial charge in [-0.05, 0) is 59.2 Å². The van der Waals surface area contributed by atoms with Crippen LogP contribution >= 0.6 is 0 Å². The minimum absolute atomic E-state index is 0.592. The number of rotatable bonds is 7. The van der Waals surface area contributed by atoms with Gasteiger partial charge >= 0.3 is 5.97 Å². The molecule has 0 radical (unpaired) electrons. The highest BCUT2D eigenvalue weighted by atomic mass is 16.4. The molecule has 0 aliphatic carbocycles. The minimum Gasteiger partial charge on any atom is -0.480 e. The lowest BCUT2D eigenvalue weighted by Gasteiger charge is -2.42. The Morgan fingerprint density at radius 1 is 1.43 bits per heavy atom. The summed E-state index contributed by atoms with van der Waals surface area (Å²) in [5, 5.41) is 12.5. The van der Waals surface area contributed by atoms with Gasteiger partial charge < -0.3 is 10.4 Å². The Kier molecular flexibility index (Phi) is 5.63. The van der Waals surface area contributed by atoms with E-state index in [2.05, 4.69) is 22.0 Å². The van der Waals surface area contributed by atoms with Gasteiger partial charge in [0.25, 0.3) is 0 Å². The van der Waals surface area contributed by atoms with Crippen LogP contribution < -0.4 is 5.32 Å². The fourth-order valence-electron chi connectivity index (χ4n) is 3.86. The third-order valence-electron chi connectivity index (χ3n) is 5.23. The smallest absolute Gasteiger partial charge is 0.323 e. The van der Waals surface area contributed by atoms with E-state index in [1.807, 2.05) is 6.92 Å². The van der Waals surface area contributed by atoms with Crippen molar-refractivity contribution in [1.29, 1.82) is 0 Å². The standard InChI is InChI=1S/C16H31N3O2/c1-4-17-16(3,15(20)21)8-6-10-18-12-14-7-5-9-19(14)11-13(18)2/h13-14,17H,4-12H2,1-3H3,(H,20,21). The number of carboxylic acid groups (broad SMARTS) is 1. The van der Waals surface area contributed by atoms with Gasteiger partial charge in [-0.15, -0.1) is 0 Å². The van der Waals surface area contributed by atoms with Gasteiger partial charge in [0.1, 0.15) is 5.54 Å². The van der Waals surface area contributed by atoms with Crippen molar-refractivity contribution in [3.05, 3.63) is 0 Å². The van der Waals surface area contributed by atoms with E-state index in [1.54, 1.807) is 6.92 Å². The SMILES string of the molecule is CCNC(C)(CCCN1CC2CCCN2CC1C)C(=O)O. The molecule has 2 fully saturated rings. The largest absolute Gasteiger partial charge is 0.480 e. The minimum atomic E-state index is -0.785. The summed E-state index contributed by atoms with van der Waals surface area (Å²) in [5.41, 5.74) is -0.785. The van der Waals surface area contributed by atoms with Crippen LogP contribution in [0.2, 0.25) is 0 Å². The van der Waals surface area contributed by atoms with E-state index >= 15 is 0 Å². The van der Waals surface area contributed by atoms with E-state index in [1.165, 1.54) is 25.9 Å².